The molecule has 0 aliphatic rings. The number of rotatable bonds is 1. The van der Waals surface area contributed by atoms with Crippen molar-refractivity contribution >= 4 is 10.8 Å². The van der Waals surface area contributed by atoms with Crippen LogP contribution < -0.4 is 5.14 Å². The lowest BCUT2D eigenvalue weighted by Gasteiger charge is -2.26. The van der Waals surface area contributed by atoms with Gasteiger partial charge in [0.1, 0.15) is 0 Å². The summed E-state index contributed by atoms with van der Waals surface area (Å²) < 4.78 is 18.1. The van der Waals surface area contributed by atoms with Gasteiger partial charge in [-0.15, -0.1) is 10.8 Å². The number of hydrogen-bond donors (Lipinski definition) is 3. The summed E-state index contributed by atoms with van der Waals surface area (Å²) in [6.07, 6.45) is 0. The molecule has 0 aliphatic heterocycles. The first-order valence-electron chi connectivity index (χ1n) is 3.13. The van der Waals surface area contributed by atoms with Crippen molar-refractivity contribution in [2.24, 2.45) is 5.14 Å². The van der Waals surface area contributed by atoms with Gasteiger partial charge in [0, 0.05) is 0 Å². The van der Waals surface area contributed by atoms with Gasteiger partial charge in [-0.05, 0) is 24.6 Å². The van der Waals surface area contributed by atoms with Gasteiger partial charge in [-0.3, -0.25) is 9.11 Å². The Kier molecular flexibility index (Phi) is 2.20. The SMILES string of the molecule is Cc1cccc(S(N)(O)O)c1. The van der Waals surface area contributed by atoms with Crippen LogP contribution in [0.5, 0.6) is 0 Å². The van der Waals surface area contributed by atoms with E-state index in [2.05, 4.69) is 0 Å². The molecule has 0 heterocycles. The van der Waals surface area contributed by atoms with Gasteiger partial charge < -0.3 is 0 Å². The quantitative estimate of drug-likeness (QED) is 0.608. The molecule has 1 rings (SSSR count). The highest BCUT2D eigenvalue weighted by Gasteiger charge is 2.07. The summed E-state index contributed by atoms with van der Waals surface area (Å²) in [7, 11) is -3.03. The van der Waals surface area contributed by atoms with Crippen LogP contribution in [0.2, 0.25) is 0 Å². The first kappa shape index (κ1) is 8.55. The molecule has 0 radical (unpaired) electrons. The number of hydrogen-bond acceptors (Lipinski definition) is 3. The minimum Gasteiger partial charge on any atom is -0.282 e. The van der Waals surface area contributed by atoms with E-state index in [1.807, 2.05) is 13.0 Å². The predicted molar refractivity (Wildman–Crippen MR) is 46.5 cm³/mol. The summed E-state index contributed by atoms with van der Waals surface area (Å²) >= 11 is 0. The molecule has 0 unspecified atom stereocenters. The van der Waals surface area contributed by atoms with E-state index in [4.69, 9.17) is 14.2 Å². The lowest BCUT2D eigenvalue weighted by atomic mass is 10.2. The van der Waals surface area contributed by atoms with Crippen molar-refractivity contribution in [1.29, 1.82) is 0 Å². The lowest BCUT2D eigenvalue weighted by molar-refractivity contribution is 0.489. The molecular weight excluding hydrogens is 162 g/mol. The Balaban J connectivity index is 3.06. The van der Waals surface area contributed by atoms with Crippen molar-refractivity contribution in [3.05, 3.63) is 29.8 Å². The van der Waals surface area contributed by atoms with Crippen molar-refractivity contribution in [3.8, 4) is 0 Å². The molecule has 4 N–H and O–H groups in total. The van der Waals surface area contributed by atoms with Crippen LogP contribution >= 0.6 is 10.8 Å². The normalized spacial score (nSPS) is 13.1. The van der Waals surface area contributed by atoms with Gasteiger partial charge in [0.15, 0.2) is 0 Å². The molecule has 0 saturated heterocycles. The zero-order valence-electron chi connectivity index (χ0n) is 6.19. The average Bonchev–Trinajstić information content (AvgIpc) is 1.86. The third kappa shape index (κ3) is 2.20. The second kappa shape index (κ2) is 2.83. The smallest absolute Gasteiger partial charge is 0.0750 e. The molecule has 62 valence electrons. The van der Waals surface area contributed by atoms with Crippen molar-refractivity contribution in [3.63, 3.8) is 0 Å². The van der Waals surface area contributed by atoms with Crippen LogP contribution in [0.15, 0.2) is 29.2 Å². The van der Waals surface area contributed by atoms with Crippen LogP contribution in [0, 0.1) is 6.92 Å². The van der Waals surface area contributed by atoms with Gasteiger partial charge in [-0.2, -0.15) is 0 Å². The fourth-order valence-electron chi connectivity index (χ4n) is 0.802. The number of benzene rings is 1. The van der Waals surface area contributed by atoms with Crippen molar-refractivity contribution < 1.29 is 9.11 Å². The van der Waals surface area contributed by atoms with E-state index in [1.54, 1.807) is 18.2 Å². The predicted octanol–water partition coefficient (Wildman–Crippen LogP) is 1.98. The fourth-order valence-corrected chi connectivity index (χ4v) is 1.44. The minimum atomic E-state index is -3.03. The largest absolute Gasteiger partial charge is 0.282 e. The van der Waals surface area contributed by atoms with Crippen molar-refractivity contribution in [2.45, 2.75) is 11.8 Å². The Morgan fingerprint density at radius 2 is 2.00 bits per heavy atom. The second-order valence-corrected chi connectivity index (χ2v) is 4.07. The summed E-state index contributed by atoms with van der Waals surface area (Å²) in [6, 6.07) is 6.87. The molecule has 1 aromatic carbocycles. The highest BCUT2D eigenvalue weighted by molar-refractivity contribution is 8.22. The zero-order chi connectivity index (χ0) is 8.48. The third-order valence-electron chi connectivity index (χ3n) is 1.34. The molecule has 0 amide bonds. The van der Waals surface area contributed by atoms with Gasteiger partial charge in [0.05, 0.1) is 4.90 Å². The van der Waals surface area contributed by atoms with E-state index >= 15 is 0 Å². The second-order valence-electron chi connectivity index (χ2n) is 2.41. The number of nitrogens with two attached hydrogens (primary N) is 1. The molecule has 0 bridgehead atoms. The van der Waals surface area contributed by atoms with Gasteiger partial charge >= 0.3 is 0 Å². The Hall–Kier alpha value is -0.550. The van der Waals surface area contributed by atoms with Crippen LogP contribution in [0.3, 0.4) is 0 Å². The van der Waals surface area contributed by atoms with E-state index in [1.165, 1.54) is 0 Å². The summed E-state index contributed by atoms with van der Waals surface area (Å²) in [6.45, 7) is 1.87. The van der Waals surface area contributed by atoms with Crippen molar-refractivity contribution in [2.75, 3.05) is 0 Å². The summed E-state index contributed by atoms with van der Waals surface area (Å²) in [5.41, 5.74) is 0.966. The average molecular weight is 173 g/mol. The molecule has 0 saturated carbocycles. The third-order valence-corrected chi connectivity index (χ3v) is 2.28. The van der Waals surface area contributed by atoms with Gasteiger partial charge in [0.2, 0.25) is 0 Å². The molecule has 0 spiro atoms. The molecule has 0 aliphatic carbocycles. The van der Waals surface area contributed by atoms with Crippen LogP contribution in [-0.4, -0.2) is 9.11 Å². The Labute approximate surface area is 67.3 Å². The maximum atomic E-state index is 9.03. The highest BCUT2D eigenvalue weighted by Crippen LogP contribution is 2.39. The van der Waals surface area contributed by atoms with E-state index in [0.29, 0.717) is 4.90 Å². The van der Waals surface area contributed by atoms with Crippen LogP contribution in [0.25, 0.3) is 0 Å². The Morgan fingerprint density at radius 3 is 2.36 bits per heavy atom. The van der Waals surface area contributed by atoms with E-state index in [-0.39, 0.29) is 0 Å². The first-order chi connectivity index (χ1) is 5.00. The monoisotopic (exact) mass is 173 g/mol. The fraction of sp³-hybridized carbons (Fsp3) is 0.143. The van der Waals surface area contributed by atoms with Crippen molar-refractivity contribution in [1.82, 2.24) is 0 Å². The molecular formula is C7H11NO2S. The minimum absolute atomic E-state index is 0.387. The van der Waals surface area contributed by atoms with Gasteiger partial charge in [0.25, 0.3) is 0 Å². The molecule has 0 atom stereocenters. The summed E-state index contributed by atoms with van der Waals surface area (Å²) in [4.78, 5) is 0.387. The standard InChI is InChI=1S/C7H11NO2S/c1-6-3-2-4-7(5-6)11(8,9)10/h2-5,9-10H,8H2,1H3. The maximum absolute atomic E-state index is 9.03. The molecule has 1 aromatic rings. The Morgan fingerprint density at radius 1 is 1.36 bits per heavy atom. The first-order valence-corrected chi connectivity index (χ1v) is 4.74. The summed E-state index contributed by atoms with van der Waals surface area (Å²) in [5, 5.41) is 5.12. The topological polar surface area (TPSA) is 66.5 Å². The van der Waals surface area contributed by atoms with Gasteiger partial charge in [-0.1, -0.05) is 12.1 Å². The summed E-state index contributed by atoms with van der Waals surface area (Å²) in [5.74, 6) is 0. The number of aryl methyl sites for hydroxylation is 1. The van der Waals surface area contributed by atoms with Crippen LogP contribution in [-0.2, 0) is 0 Å². The maximum Gasteiger partial charge on any atom is 0.0750 e. The molecule has 11 heavy (non-hydrogen) atoms. The van der Waals surface area contributed by atoms with E-state index < -0.39 is 10.8 Å². The van der Waals surface area contributed by atoms with Crippen LogP contribution in [0.4, 0.5) is 0 Å². The lowest BCUT2D eigenvalue weighted by Crippen LogP contribution is -2.08. The zero-order valence-corrected chi connectivity index (χ0v) is 7.01. The highest BCUT2D eigenvalue weighted by atomic mass is 32.3. The molecule has 4 heteroatoms. The molecule has 0 aromatic heterocycles. The van der Waals surface area contributed by atoms with E-state index in [9.17, 15) is 0 Å². The van der Waals surface area contributed by atoms with Gasteiger partial charge in [-0.25, -0.2) is 5.14 Å². The van der Waals surface area contributed by atoms with Crippen LogP contribution in [0.1, 0.15) is 5.56 Å². The Bertz CT molecular complexity index is 257. The van der Waals surface area contributed by atoms with E-state index in [0.717, 1.165) is 5.56 Å². The molecule has 3 nitrogen and oxygen atoms in total. The molecule has 0 fully saturated rings.